The molecule has 1 aromatic heterocycles. The Morgan fingerprint density at radius 1 is 1.13 bits per heavy atom. The number of hydrogen-bond donors (Lipinski definition) is 0. The molecule has 1 fully saturated rings. The second-order valence-corrected chi connectivity index (χ2v) is 8.10. The van der Waals surface area contributed by atoms with Crippen molar-refractivity contribution in [3.8, 4) is 11.3 Å². The third-order valence-electron chi connectivity index (χ3n) is 4.76. The van der Waals surface area contributed by atoms with Gasteiger partial charge in [0.05, 0.1) is 11.6 Å². The van der Waals surface area contributed by atoms with E-state index in [1.54, 1.807) is 24.3 Å². The van der Waals surface area contributed by atoms with Crippen LogP contribution in [-0.4, -0.2) is 35.8 Å². The van der Waals surface area contributed by atoms with E-state index in [0.29, 0.717) is 15.7 Å². The molecule has 30 heavy (non-hydrogen) atoms. The molecule has 152 valence electrons. The minimum Gasteiger partial charge on any atom is -0.457 e. The number of carbonyl (C=O) groups is 3. The lowest BCUT2D eigenvalue weighted by molar-refractivity contribution is -0.147. The molecule has 1 amide bonds. The molecule has 3 aromatic rings. The molecule has 2 heterocycles. The van der Waals surface area contributed by atoms with Gasteiger partial charge >= 0.3 is 5.97 Å². The number of thiazole rings is 1. The van der Waals surface area contributed by atoms with Gasteiger partial charge in [-0.2, -0.15) is 0 Å². The van der Waals surface area contributed by atoms with Crippen LogP contribution in [0.1, 0.15) is 16.8 Å². The molecule has 0 saturated carbocycles. The number of Topliss-reactive ketones (excluding diaryl/α,β-unsaturated/α-hetero) is 1. The number of halogens is 1. The van der Waals surface area contributed by atoms with Crippen molar-refractivity contribution in [1.82, 2.24) is 4.98 Å². The number of anilines is 1. The number of hydrogen-bond acceptors (Lipinski definition) is 6. The van der Waals surface area contributed by atoms with Gasteiger partial charge in [0.25, 0.3) is 0 Å². The quantitative estimate of drug-likeness (QED) is 0.423. The van der Waals surface area contributed by atoms with Crippen molar-refractivity contribution in [2.45, 2.75) is 6.42 Å². The second-order valence-electron chi connectivity index (χ2n) is 6.82. The number of ether oxygens (including phenoxy) is 1. The fourth-order valence-electron chi connectivity index (χ4n) is 3.15. The molecule has 1 saturated heterocycles. The molecule has 0 N–H and O–H groups in total. The number of amides is 1. The predicted octanol–water partition coefficient (Wildman–Crippen LogP) is 4.24. The molecule has 0 unspecified atom stereocenters. The van der Waals surface area contributed by atoms with Crippen LogP contribution >= 0.6 is 22.9 Å². The Morgan fingerprint density at radius 3 is 2.60 bits per heavy atom. The highest BCUT2D eigenvalue weighted by Crippen LogP contribution is 2.31. The van der Waals surface area contributed by atoms with Gasteiger partial charge in [-0.25, -0.2) is 4.98 Å². The van der Waals surface area contributed by atoms with Gasteiger partial charge in [0.1, 0.15) is 0 Å². The van der Waals surface area contributed by atoms with Crippen LogP contribution in [0, 0.1) is 5.92 Å². The Balaban J connectivity index is 1.36. The second kappa shape index (κ2) is 8.77. The highest BCUT2D eigenvalue weighted by atomic mass is 35.5. The number of aromatic nitrogens is 1. The van der Waals surface area contributed by atoms with Crippen LogP contribution in [0.25, 0.3) is 11.3 Å². The molecule has 0 aliphatic carbocycles. The Kier molecular flexibility index (Phi) is 5.92. The lowest BCUT2D eigenvalue weighted by atomic mass is 10.1. The highest BCUT2D eigenvalue weighted by molar-refractivity contribution is 7.14. The lowest BCUT2D eigenvalue weighted by Crippen LogP contribution is -2.27. The number of carbonyl (C=O) groups excluding carboxylic acids is 3. The Bertz CT molecular complexity index is 1080. The minimum atomic E-state index is -0.625. The number of nitrogens with zero attached hydrogens (tertiary/aromatic N) is 2. The first-order valence-corrected chi connectivity index (χ1v) is 10.5. The van der Waals surface area contributed by atoms with Crippen molar-refractivity contribution < 1.29 is 19.1 Å². The van der Waals surface area contributed by atoms with Crippen LogP contribution in [0.2, 0.25) is 5.02 Å². The summed E-state index contributed by atoms with van der Waals surface area (Å²) in [5, 5.41) is 2.95. The van der Waals surface area contributed by atoms with Crippen molar-refractivity contribution in [3.05, 3.63) is 70.6 Å². The van der Waals surface area contributed by atoms with E-state index >= 15 is 0 Å². The summed E-state index contributed by atoms with van der Waals surface area (Å²) in [4.78, 5) is 43.0. The molecule has 1 aliphatic heterocycles. The number of esters is 1. The first-order valence-electron chi connectivity index (χ1n) is 9.28. The standard InChI is InChI=1S/C22H17ClN2O4S/c23-17-8-6-15(7-9-17)19(26)12-29-21(28)16-10-20(27)25(11-16)22-24-18(13-30-22)14-4-2-1-3-5-14/h1-9,13,16H,10-12H2/t16-/m1/s1. The van der Waals surface area contributed by atoms with Gasteiger partial charge < -0.3 is 4.74 Å². The summed E-state index contributed by atoms with van der Waals surface area (Å²) in [7, 11) is 0. The first kappa shape index (κ1) is 20.3. The summed E-state index contributed by atoms with van der Waals surface area (Å²) in [5.41, 5.74) is 2.15. The maximum Gasteiger partial charge on any atom is 0.311 e. The molecule has 8 heteroatoms. The number of benzene rings is 2. The molecule has 1 atom stereocenters. The normalized spacial score (nSPS) is 16.0. The summed E-state index contributed by atoms with van der Waals surface area (Å²) in [6.45, 7) is -0.185. The van der Waals surface area contributed by atoms with Gasteiger partial charge in [-0.1, -0.05) is 41.9 Å². The summed E-state index contributed by atoms with van der Waals surface area (Å²) in [6.07, 6.45) is 0.0359. The van der Waals surface area contributed by atoms with Gasteiger partial charge in [-0.3, -0.25) is 19.3 Å². The van der Waals surface area contributed by atoms with Gasteiger partial charge in [0, 0.05) is 34.5 Å². The lowest BCUT2D eigenvalue weighted by Gasteiger charge is -2.12. The Hall–Kier alpha value is -3.03. The van der Waals surface area contributed by atoms with E-state index in [9.17, 15) is 14.4 Å². The zero-order chi connectivity index (χ0) is 21.1. The first-order chi connectivity index (χ1) is 14.5. The topological polar surface area (TPSA) is 76.6 Å². The van der Waals surface area contributed by atoms with E-state index < -0.39 is 11.9 Å². The third-order valence-corrected chi connectivity index (χ3v) is 5.88. The summed E-state index contributed by atoms with van der Waals surface area (Å²) >= 11 is 7.16. The van der Waals surface area contributed by atoms with Crippen molar-refractivity contribution in [2.24, 2.45) is 5.92 Å². The zero-order valence-electron chi connectivity index (χ0n) is 15.8. The third kappa shape index (κ3) is 4.42. The van der Waals surface area contributed by atoms with E-state index in [1.807, 2.05) is 35.7 Å². The van der Waals surface area contributed by atoms with Crippen LogP contribution in [-0.2, 0) is 14.3 Å². The number of ketones is 1. The minimum absolute atomic E-state index is 0.0359. The summed E-state index contributed by atoms with van der Waals surface area (Å²) in [6, 6.07) is 16.0. The van der Waals surface area contributed by atoms with Crippen molar-refractivity contribution >= 4 is 45.7 Å². The van der Waals surface area contributed by atoms with Gasteiger partial charge in [0.15, 0.2) is 17.5 Å². The fraction of sp³-hybridized carbons (Fsp3) is 0.182. The molecule has 0 radical (unpaired) electrons. The van der Waals surface area contributed by atoms with Gasteiger partial charge in [-0.05, 0) is 24.3 Å². The summed E-state index contributed by atoms with van der Waals surface area (Å²) < 4.78 is 5.16. The van der Waals surface area contributed by atoms with Crippen LogP contribution in [0.15, 0.2) is 60.0 Å². The van der Waals surface area contributed by atoms with Crippen LogP contribution in [0.4, 0.5) is 5.13 Å². The molecule has 2 aromatic carbocycles. The molecule has 0 spiro atoms. The maximum absolute atomic E-state index is 12.4. The predicted molar refractivity (Wildman–Crippen MR) is 115 cm³/mol. The van der Waals surface area contributed by atoms with Crippen molar-refractivity contribution in [2.75, 3.05) is 18.1 Å². The Morgan fingerprint density at radius 2 is 1.87 bits per heavy atom. The summed E-state index contributed by atoms with van der Waals surface area (Å²) in [5.74, 6) is -1.70. The SMILES string of the molecule is O=C(COC(=O)[C@@H]1CC(=O)N(c2nc(-c3ccccc3)cs2)C1)c1ccc(Cl)cc1. The molecule has 4 rings (SSSR count). The Labute approximate surface area is 182 Å². The highest BCUT2D eigenvalue weighted by Gasteiger charge is 2.37. The average Bonchev–Trinajstić information content (AvgIpc) is 3.40. The van der Waals surface area contributed by atoms with E-state index in [0.717, 1.165) is 11.3 Å². The van der Waals surface area contributed by atoms with E-state index in [1.165, 1.54) is 16.2 Å². The molecule has 0 bridgehead atoms. The van der Waals surface area contributed by atoms with Crippen LogP contribution < -0.4 is 4.90 Å². The molecular formula is C22H17ClN2O4S. The van der Waals surface area contributed by atoms with Crippen molar-refractivity contribution in [1.29, 1.82) is 0 Å². The molecule has 6 nitrogen and oxygen atoms in total. The van der Waals surface area contributed by atoms with E-state index in [2.05, 4.69) is 4.98 Å². The van der Waals surface area contributed by atoms with E-state index in [4.69, 9.17) is 16.3 Å². The van der Waals surface area contributed by atoms with E-state index in [-0.39, 0.29) is 31.3 Å². The van der Waals surface area contributed by atoms with Gasteiger partial charge in [0.2, 0.25) is 5.91 Å². The van der Waals surface area contributed by atoms with Gasteiger partial charge in [-0.15, -0.1) is 11.3 Å². The van der Waals surface area contributed by atoms with Crippen LogP contribution in [0.5, 0.6) is 0 Å². The van der Waals surface area contributed by atoms with Crippen molar-refractivity contribution in [3.63, 3.8) is 0 Å². The zero-order valence-corrected chi connectivity index (χ0v) is 17.4. The maximum atomic E-state index is 12.4. The largest absolute Gasteiger partial charge is 0.457 e. The molecular weight excluding hydrogens is 424 g/mol. The molecule has 1 aliphatic rings. The fourth-order valence-corrected chi connectivity index (χ4v) is 4.14. The smallest absolute Gasteiger partial charge is 0.311 e. The average molecular weight is 441 g/mol. The van der Waals surface area contributed by atoms with Crippen LogP contribution in [0.3, 0.4) is 0 Å². The number of rotatable bonds is 6. The monoisotopic (exact) mass is 440 g/mol.